The summed E-state index contributed by atoms with van der Waals surface area (Å²) in [6, 6.07) is 0.963. The SMILES string of the molecule is CCC(C)(C)C(=O)NC1C2CNC1C2. The van der Waals surface area contributed by atoms with Gasteiger partial charge in [0.1, 0.15) is 0 Å². The molecule has 0 aromatic heterocycles. The van der Waals surface area contributed by atoms with Crippen LogP contribution in [0, 0.1) is 11.3 Å². The molecule has 2 saturated heterocycles. The maximum Gasteiger partial charge on any atom is 0.225 e. The zero-order chi connectivity index (χ0) is 10.3. The van der Waals surface area contributed by atoms with E-state index in [1.807, 2.05) is 13.8 Å². The topological polar surface area (TPSA) is 41.1 Å². The Hall–Kier alpha value is -0.570. The standard InChI is InChI=1S/C11H20N2O/c1-4-11(2,3)10(14)13-9-7-5-8(9)12-6-7/h7-9,12H,4-6H2,1-3H3,(H,13,14). The van der Waals surface area contributed by atoms with Crippen LogP contribution in [0.25, 0.3) is 0 Å². The fourth-order valence-electron chi connectivity index (χ4n) is 2.20. The summed E-state index contributed by atoms with van der Waals surface area (Å²) in [5.41, 5.74) is -0.213. The molecule has 80 valence electrons. The number of rotatable bonds is 3. The van der Waals surface area contributed by atoms with Crippen LogP contribution in [0.5, 0.6) is 0 Å². The average Bonchev–Trinajstić information content (AvgIpc) is 2.74. The Balaban J connectivity index is 1.89. The Morgan fingerprint density at radius 3 is 2.71 bits per heavy atom. The zero-order valence-corrected chi connectivity index (χ0v) is 9.26. The Labute approximate surface area is 85.6 Å². The lowest BCUT2D eigenvalue weighted by Gasteiger charge is -2.37. The number of nitrogens with one attached hydrogen (secondary N) is 2. The molecule has 3 nitrogen and oxygen atoms in total. The minimum atomic E-state index is -0.213. The zero-order valence-electron chi connectivity index (χ0n) is 9.26. The minimum Gasteiger partial charge on any atom is -0.351 e. The van der Waals surface area contributed by atoms with Gasteiger partial charge in [0.25, 0.3) is 0 Å². The van der Waals surface area contributed by atoms with Crippen LogP contribution in [-0.2, 0) is 4.79 Å². The molecule has 2 heterocycles. The lowest BCUT2D eigenvalue weighted by atomic mass is 9.79. The first-order valence-corrected chi connectivity index (χ1v) is 5.59. The molecule has 3 aliphatic rings. The van der Waals surface area contributed by atoms with Crippen molar-refractivity contribution in [3.63, 3.8) is 0 Å². The van der Waals surface area contributed by atoms with Crippen LogP contribution >= 0.6 is 0 Å². The lowest BCUT2D eigenvalue weighted by molar-refractivity contribution is -0.131. The highest BCUT2D eigenvalue weighted by Gasteiger charge is 2.48. The van der Waals surface area contributed by atoms with Crippen LogP contribution in [0.2, 0.25) is 0 Å². The fourth-order valence-corrected chi connectivity index (χ4v) is 2.20. The predicted octanol–water partition coefficient (Wildman–Crippen LogP) is 0.899. The first-order chi connectivity index (χ1) is 6.54. The molecule has 3 atom stereocenters. The number of amides is 1. The van der Waals surface area contributed by atoms with E-state index < -0.39 is 0 Å². The van der Waals surface area contributed by atoms with Crippen molar-refractivity contribution < 1.29 is 4.79 Å². The molecular formula is C11H20N2O. The maximum atomic E-state index is 11.9. The van der Waals surface area contributed by atoms with Gasteiger partial charge in [0, 0.05) is 24.0 Å². The Kier molecular flexibility index (Phi) is 2.30. The van der Waals surface area contributed by atoms with Gasteiger partial charge in [-0.05, 0) is 18.8 Å². The van der Waals surface area contributed by atoms with E-state index in [1.165, 1.54) is 6.42 Å². The Bertz CT molecular complexity index is 236. The molecule has 0 aromatic carbocycles. The van der Waals surface area contributed by atoms with Crippen molar-refractivity contribution in [2.45, 2.75) is 45.7 Å². The fraction of sp³-hybridized carbons (Fsp3) is 0.909. The quantitative estimate of drug-likeness (QED) is 0.704. The van der Waals surface area contributed by atoms with Crippen LogP contribution < -0.4 is 10.6 Å². The van der Waals surface area contributed by atoms with E-state index in [-0.39, 0.29) is 11.3 Å². The average molecular weight is 196 g/mol. The van der Waals surface area contributed by atoms with Crippen LogP contribution in [0.15, 0.2) is 0 Å². The van der Waals surface area contributed by atoms with Crippen molar-refractivity contribution in [3.05, 3.63) is 0 Å². The van der Waals surface area contributed by atoms with E-state index in [2.05, 4.69) is 17.6 Å². The van der Waals surface area contributed by atoms with Gasteiger partial charge in [0.2, 0.25) is 5.91 Å². The molecule has 1 saturated carbocycles. The lowest BCUT2D eigenvalue weighted by Crippen LogP contribution is -2.56. The summed E-state index contributed by atoms with van der Waals surface area (Å²) < 4.78 is 0. The van der Waals surface area contributed by atoms with E-state index in [0.717, 1.165) is 13.0 Å². The molecule has 2 aliphatic heterocycles. The van der Waals surface area contributed by atoms with Crippen molar-refractivity contribution in [1.29, 1.82) is 0 Å². The van der Waals surface area contributed by atoms with Gasteiger partial charge in [-0.25, -0.2) is 0 Å². The van der Waals surface area contributed by atoms with Gasteiger partial charge in [-0.3, -0.25) is 4.79 Å². The molecule has 0 spiro atoms. The highest BCUT2D eigenvalue weighted by molar-refractivity contribution is 5.82. The molecule has 2 bridgehead atoms. The summed E-state index contributed by atoms with van der Waals surface area (Å²) in [7, 11) is 0. The molecule has 3 fully saturated rings. The summed E-state index contributed by atoms with van der Waals surface area (Å²) in [6.07, 6.45) is 2.14. The second-order valence-corrected chi connectivity index (χ2v) is 5.25. The van der Waals surface area contributed by atoms with Crippen LogP contribution in [0.4, 0.5) is 0 Å². The minimum absolute atomic E-state index is 0.211. The van der Waals surface area contributed by atoms with Gasteiger partial charge < -0.3 is 10.6 Å². The molecule has 0 aromatic rings. The number of hydrogen-bond acceptors (Lipinski definition) is 2. The van der Waals surface area contributed by atoms with E-state index in [9.17, 15) is 4.79 Å². The van der Waals surface area contributed by atoms with Crippen LogP contribution in [-0.4, -0.2) is 24.5 Å². The molecule has 3 unspecified atom stereocenters. The second-order valence-electron chi connectivity index (χ2n) is 5.25. The smallest absolute Gasteiger partial charge is 0.225 e. The first kappa shape index (κ1) is 9.97. The van der Waals surface area contributed by atoms with Crippen molar-refractivity contribution in [2.75, 3.05) is 6.54 Å². The number of carbonyl (C=O) groups excluding carboxylic acids is 1. The molecule has 2 N–H and O–H groups in total. The highest BCUT2D eigenvalue weighted by atomic mass is 16.2. The Morgan fingerprint density at radius 1 is 1.57 bits per heavy atom. The second kappa shape index (κ2) is 3.23. The van der Waals surface area contributed by atoms with Crippen molar-refractivity contribution >= 4 is 5.91 Å². The largest absolute Gasteiger partial charge is 0.351 e. The van der Waals surface area contributed by atoms with Gasteiger partial charge in [0.15, 0.2) is 0 Å². The van der Waals surface area contributed by atoms with E-state index >= 15 is 0 Å². The van der Waals surface area contributed by atoms with E-state index in [1.54, 1.807) is 0 Å². The molecule has 14 heavy (non-hydrogen) atoms. The molecule has 1 aliphatic carbocycles. The van der Waals surface area contributed by atoms with Gasteiger partial charge in [0.05, 0.1) is 0 Å². The number of fused-ring (bicyclic) bond motifs is 1. The number of hydrogen-bond donors (Lipinski definition) is 2. The summed E-state index contributed by atoms with van der Waals surface area (Å²) in [6.45, 7) is 7.17. The Morgan fingerprint density at radius 2 is 2.29 bits per heavy atom. The number of carbonyl (C=O) groups is 1. The third-order valence-corrected chi connectivity index (χ3v) is 3.94. The molecule has 3 rings (SSSR count). The van der Waals surface area contributed by atoms with Crippen LogP contribution in [0.3, 0.4) is 0 Å². The molecule has 1 amide bonds. The predicted molar refractivity (Wildman–Crippen MR) is 55.9 cm³/mol. The van der Waals surface area contributed by atoms with E-state index in [4.69, 9.17) is 0 Å². The molecule has 3 heteroatoms. The van der Waals surface area contributed by atoms with Gasteiger partial charge in [-0.2, -0.15) is 0 Å². The van der Waals surface area contributed by atoms with E-state index in [0.29, 0.717) is 18.0 Å². The maximum absolute atomic E-state index is 11.9. The van der Waals surface area contributed by atoms with Crippen LogP contribution in [0.1, 0.15) is 33.6 Å². The van der Waals surface area contributed by atoms with Crippen molar-refractivity contribution in [2.24, 2.45) is 11.3 Å². The normalized spacial score (nSPS) is 35.2. The van der Waals surface area contributed by atoms with Gasteiger partial charge in [-0.1, -0.05) is 20.8 Å². The molecular weight excluding hydrogens is 176 g/mol. The summed E-state index contributed by atoms with van der Waals surface area (Å²) in [4.78, 5) is 11.9. The highest BCUT2D eigenvalue weighted by Crippen LogP contribution is 2.34. The molecule has 0 radical (unpaired) electrons. The summed E-state index contributed by atoms with van der Waals surface area (Å²) in [5, 5.41) is 6.57. The third kappa shape index (κ3) is 1.44. The summed E-state index contributed by atoms with van der Waals surface area (Å²) in [5.74, 6) is 0.903. The third-order valence-electron chi connectivity index (χ3n) is 3.94. The van der Waals surface area contributed by atoms with Gasteiger partial charge >= 0.3 is 0 Å². The summed E-state index contributed by atoms with van der Waals surface area (Å²) >= 11 is 0. The van der Waals surface area contributed by atoms with Gasteiger partial charge in [-0.15, -0.1) is 0 Å². The van der Waals surface area contributed by atoms with Crippen molar-refractivity contribution in [1.82, 2.24) is 10.6 Å². The first-order valence-electron chi connectivity index (χ1n) is 5.59. The monoisotopic (exact) mass is 196 g/mol. The van der Waals surface area contributed by atoms with Crippen molar-refractivity contribution in [3.8, 4) is 0 Å².